The van der Waals surface area contributed by atoms with Crippen molar-refractivity contribution in [3.05, 3.63) is 45.8 Å². The lowest BCUT2D eigenvalue weighted by Crippen LogP contribution is -2.29. The normalized spacial score (nSPS) is 14.2. The second kappa shape index (κ2) is 5.50. The van der Waals surface area contributed by atoms with Gasteiger partial charge in [0.1, 0.15) is 10.8 Å². The number of aromatic nitrogens is 1. The third-order valence-corrected chi connectivity index (χ3v) is 4.62. The maximum Gasteiger partial charge on any atom is 0.139 e. The fourth-order valence-corrected chi connectivity index (χ4v) is 3.35. The van der Waals surface area contributed by atoms with Crippen LogP contribution in [0.2, 0.25) is 0 Å². The number of hydrogen-bond acceptors (Lipinski definition) is 4. The highest BCUT2D eigenvalue weighted by Gasteiger charge is 2.32. The molecule has 1 aliphatic rings. The molecular weight excluding hydrogens is 286 g/mol. The van der Waals surface area contributed by atoms with E-state index in [4.69, 9.17) is 18.0 Å². The Bertz CT molecular complexity index is 618. The zero-order valence-electron chi connectivity index (χ0n) is 11.4. The van der Waals surface area contributed by atoms with Crippen molar-refractivity contribution >= 4 is 34.4 Å². The highest BCUT2D eigenvalue weighted by Crippen LogP contribution is 2.35. The Morgan fingerprint density at radius 3 is 2.90 bits per heavy atom. The number of aryl methyl sites for hydroxylation is 1. The largest absolute Gasteiger partial charge is 0.389 e. The van der Waals surface area contributed by atoms with Crippen LogP contribution < -0.4 is 10.6 Å². The topological polar surface area (TPSA) is 42.2 Å². The number of nitrogens with two attached hydrogens (primary N) is 1. The van der Waals surface area contributed by atoms with E-state index in [2.05, 4.69) is 27.4 Å². The zero-order valence-corrected chi connectivity index (χ0v) is 13.0. The molecule has 104 valence electrons. The quantitative estimate of drug-likeness (QED) is 0.861. The fraction of sp³-hybridized carbons (Fsp3) is 0.333. The highest BCUT2D eigenvalue weighted by atomic mass is 32.1. The molecule has 1 saturated carbocycles. The van der Waals surface area contributed by atoms with E-state index in [1.807, 2.05) is 19.2 Å². The van der Waals surface area contributed by atoms with E-state index < -0.39 is 0 Å². The molecule has 3 nitrogen and oxygen atoms in total. The van der Waals surface area contributed by atoms with Crippen molar-refractivity contribution in [2.24, 2.45) is 5.73 Å². The van der Waals surface area contributed by atoms with Crippen LogP contribution in [0.25, 0.3) is 0 Å². The van der Waals surface area contributed by atoms with E-state index in [0.717, 1.165) is 23.5 Å². The van der Waals surface area contributed by atoms with Crippen molar-refractivity contribution in [3.8, 4) is 0 Å². The van der Waals surface area contributed by atoms with Gasteiger partial charge in [-0.2, -0.15) is 0 Å². The van der Waals surface area contributed by atoms with E-state index in [1.54, 1.807) is 11.3 Å². The van der Waals surface area contributed by atoms with Gasteiger partial charge in [0.25, 0.3) is 0 Å². The number of thiophene rings is 1. The molecule has 0 aliphatic heterocycles. The second-order valence-electron chi connectivity index (χ2n) is 5.13. The first-order valence-corrected chi connectivity index (χ1v) is 8.00. The van der Waals surface area contributed by atoms with Crippen LogP contribution in [-0.4, -0.2) is 16.0 Å². The average Bonchev–Trinajstić information content (AvgIpc) is 3.12. The maximum absolute atomic E-state index is 5.91. The Hall–Kier alpha value is -1.46. The lowest BCUT2D eigenvalue weighted by molar-refractivity contribution is 0.784. The van der Waals surface area contributed by atoms with Gasteiger partial charge in [-0.3, -0.25) is 0 Å². The molecule has 1 fully saturated rings. The zero-order chi connectivity index (χ0) is 14.1. The molecule has 0 aromatic carbocycles. The molecule has 0 spiro atoms. The molecule has 0 saturated heterocycles. The minimum Gasteiger partial charge on any atom is -0.389 e. The van der Waals surface area contributed by atoms with Gasteiger partial charge in [0.2, 0.25) is 0 Å². The summed E-state index contributed by atoms with van der Waals surface area (Å²) >= 11 is 7.00. The summed E-state index contributed by atoms with van der Waals surface area (Å²) in [4.78, 5) is 8.70. The monoisotopic (exact) mass is 303 g/mol. The summed E-state index contributed by atoms with van der Waals surface area (Å²) in [5, 5.41) is 2.11. The van der Waals surface area contributed by atoms with Gasteiger partial charge < -0.3 is 10.6 Å². The first kappa shape index (κ1) is 13.5. The molecule has 2 N–H and O–H groups in total. The van der Waals surface area contributed by atoms with Gasteiger partial charge >= 0.3 is 0 Å². The molecule has 0 radical (unpaired) electrons. The molecular formula is C15H17N3S2. The third kappa shape index (κ3) is 2.69. The van der Waals surface area contributed by atoms with E-state index in [-0.39, 0.29) is 0 Å². The summed E-state index contributed by atoms with van der Waals surface area (Å²) in [6.07, 6.45) is 4.28. The van der Waals surface area contributed by atoms with Crippen LogP contribution in [0, 0.1) is 6.92 Å². The van der Waals surface area contributed by atoms with Gasteiger partial charge in [0.15, 0.2) is 0 Å². The van der Waals surface area contributed by atoms with Crippen molar-refractivity contribution in [2.75, 3.05) is 4.90 Å². The summed E-state index contributed by atoms with van der Waals surface area (Å²) < 4.78 is 0. The van der Waals surface area contributed by atoms with E-state index in [9.17, 15) is 0 Å². The Morgan fingerprint density at radius 2 is 2.30 bits per heavy atom. The summed E-state index contributed by atoms with van der Waals surface area (Å²) in [5.74, 6) is 0.938. The number of anilines is 1. The Morgan fingerprint density at radius 1 is 1.50 bits per heavy atom. The predicted molar refractivity (Wildman–Crippen MR) is 88.4 cm³/mol. The van der Waals surface area contributed by atoms with Gasteiger partial charge in [-0.15, -0.1) is 11.3 Å². The summed E-state index contributed by atoms with van der Waals surface area (Å²) in [6, 6.07) is 6.78. The third-order valence-electron chi connectivity index (χ3n) is 3.55. The van der Waals surface area contributed by atoms with Crippen LogP contribution in [0.3, 0.4) is 0 Å². The molecule has 5 heteroatoms. The van der Waals surface area contributed by atoms with Crippen LogP contribution in [0.15, 0.2) is 29.8 Å². The van der Waals surface area contributed by atoms with Crippen molar-refractivity contribution < 1.29 is 0 Å². The summed E-state index contributed by atoms with van der Waals surface area (Å²) in [7, 11) is 0. The number of pyridine rings is 1. The number of rotatable bonds is 5. The molecule has 20 heavy (non-hydrogen) atoms. The van der Waals surface area contributed by atoms with E-state index in [0.29, 0.717) is 11.0 Å². The molecule has 3 rings (SSSR count). The van der Waals surface area contributed by atoms with Crippen LogP contribution >= 0.6 is 23.6 Å². The molecule has 0 unspecified atom stereocenters. The highest BCUT2D eigenvalue weighted by molar-refractivity contribution is 7.80. The van der Waals surface area contributed by atoms with Crippen LogP contribution in [0.5, 0.6) is 0 Å². The molecule has 0 atom stereocenters. The minimum atomic E-state index is 0.433. The van der Waals surface area contributed by atoms with Crippen LogP contribution in [-0.2, 0) is 6.54 Å². The van der Waals surface area contributed by atoms with Gasteiger partial charge in [0.05, 0.1) is 12.1 Å². The van der Waals surface area contributed by atoms with Crippen molar-refractivity contribution in [3.63, 3.8) is 0 Å². The summed E-state index contributed by atoms with van der Waals surface area (Å²) in [5.41, 5.74) is 7.93. The van der Waals surface area contributed by atoms with Crippen LogP contribution in [0.1, 0.15) is 28.8 Å². The Kier molecular flexibility index (Phi) is 3.72. The van der Waals surface area contributed by atoms with Gasteiger partial charge in [-0.25, -0.2) is 4.98 Å². The van der Waals surface area contributed by atoms with Crippen molar-refractivity contribution in [1.82, 2.24) is 4.98 Å². The first-order valence-electron chi connectivity index (χ1n) is 6.71. The second-order valence-corrected chi connectivity index (χ2v) is 6.60. The average molecular weight is 303 g/mol. The Balaban J connectivity index is 1.99. The molecule has 0 bridgehead atoms. The number of hydrogen-bond donors (Lipinski definition) is 1. The summed E-state index contributed by atoms with van der Waals surface area (Å²) in [6.45, 7) is 2.92. The first-order chi connectivity index (χ1) is 9.66. The molecule has 1 aliphatic carbocycles. The molecule has 2 heterocycles. The lowest BCUT2D eigenvalue weighted by Gasteiger charge is -2.26. The Labute approximate surface area is 128 Å². The van der Waals surface area contributed by atoms with E-state index in [1.165, 1.54) is 17.7 Å². The van der Waals surface area contributed by atoms with Crippen LogP contribution in [0.4, 0.5) is 5.82 Å². The van der Waals surface area contributed by atoms with Gasteiger partial charge in [-0.05, 0) is 42.8 Å². The molecule has 2 aromatic heterocycles. The molecule has 2 aromatic rings. The van der Waals surface area contributed by atoms with Gasteiger partial charge in [0, 0.05) is 17.1 Å². The SMILES string of the molecule is Cc1ccnc(N(Cc2cccs2)C2CC2)c1C(N)=S. The fourth-order valence-electron chi connectivity index (χ4n) is 2.40. The minimum absolute atomic E-state index is 0.433. The number of thiocarbonyl (C=S) groups is 1. The van der Waals surface area contributed by atoms with Crippen molar-refractivity contribution in [1.29, 1.82) is 0 Å². The lowest BCUT2D eigenvalue weighted by atomic mass is 10.1. The number of nitrogens with zero attached hydrogens (tertiary/aromatic N) is 2. The van der Waals surface area contributed by atoms with Crippen molar-refractivity contribution in [2.45, 2.75) is 32.4 Å². The van der Waals surface area contributed by atoms with Gasteiger partial charge in [-0.1, -0.05) is 18.3 Å². The van der Waals surface area contributed by atoms with E-state index >= 15 is 0 Å². The molecule has 0 amide bonds. The maximum atomic E-state index is 5.91. The smallest absolute Gasteiger partial charge is 0.139 e. The predicted octanol–water partition coefficient (Wildman–Crippen LogP) is 3.25. The standard InChI is InChI=1S/C15H17N3S2/c1-10-6-7-17-15(13(10)14(16)19)18(11-4-5-11)9-12-3-2-8-20-12/h2-3,6-8,11H,4-5,9H2,1H3,(H2,16,19).